The maximum atomic E-state index is 12.8. The van der Waals surface area contributed by atoms with Crippen LogP contribution in [0.1, 0.15) is 16.2 Å². The normalized spacial score (nSPS) is 14.1. The highest BCUT2D eigenvalue weighted by molar-refractivity contribution is 5.93. The van der Waals surface area contributed by atoms with Gasteiger partial charge in [-0.2, -0.15) is 15.3 Å². The first-order valence-electron chi connectivity index (χ1n) is 9.31. The molecule has 0 atom stereocenters. The van der Waals surface area contributed by atoms with Crippen LogP contribution in [0.15, 0.2) is 56.1 Å². The number of oxazole rings is 1. The van der Waals surface area contributed by atoms with Crippen LogP contribution >= 0.6 is 0 Å². The zero-order valence-corrected chi connectivity index (χ0v) is 15.7. The number of furan rings is 2. The standard InChI is InChI=1S/C20H16N6O4/c21-12-15-20(30-18(22-15)17-4-2-10-29-17)26-7-5-25(6-8-26)19(27)14-11-13(23-24-14)16-3-1-9-28-16/h1-4,9-11H,5-8H2,(H,23,24). The molecule has 150 valence electrons. The molecule has 1 amide bonds. The molecule has 0 bridgehead atoms. The fraction of sp³-hybridized carbons (Fsp3) is 0.200. The third-order valence-corrected chi connectivity index (χ3v) is 4.88. The number of hydrogen-bond acceptors (Lipinski definition) is 8. The lowest BCUT2D eigenvalue weighted by Crippen LogP contribution is -2.49. The minimum atomic E-state index is -0.168. The summed E-state index contributed by atoms with van der Waals surface area (Å²) in [4.78, 5) is 20.6. The highest BCUT2D eigenvalue weighted by atomic mass is 16.4. The van der Waals surface area contributed by atoms with Gasteiger partial charge in [0.1, 0.15) is 11.8 Å². The molecule has 1 fully saturated rings. The number of amides is 1. The Kier molecular flexibility index (Phi) is 4.33. The van der Waals surface area contributed by atoms with Crippen molar-refractivity contribution in [3.8, 4) is 29.2 Å². The fourth-order valence-corrected chi connectivity index (χ4v) is 3.37. The lowest BCUT2D eigenvalue weighted by Gasteiger charge is -2.34. The van der Waals surface area contributed by atoms with Gasteiger partial charge in [-0.25, -0.2) is 0 Å². The van der Waals surface area contributed by atoms with Gasteiger partial charge in [0.25, 0.3) is 11.8 Å². The molecule has 0 unspecified atom stereocenters. The monoisotopic (exact) mass is 404 g/mol. The smallest absolute Gasteiger partial charge is 0.274 e. The molecular weight excluding hydrogens is 388 g/mol. The lowest BCUT2D eigenvalue weighted by atomic mass is 10.2. The molecule has 0 saturated carbocycles. The molecule has 0 radical (unpaired) electrons. The van der Waals surface area contributed by atoms with Gasteiger partial charge in [0, 0.05) is 32.2 Å². The first-order valence-corrected chi connectivity index (χ1v) is 9.31. The highest BCUT2D eigenvalue weighted by Gasteiger charge is 2.28. The molecule has 4 aromatic rings. The quantitative estimate of drug-likeness (QED) is 0.550. The molecule has 10 heteroatoms. The molecule has 0 spiro atoms. The number of nitrogens with one attached hydrogen (secondary N) is 1. The number of rotatable bonds is 4. The highest BCUT2D eigenvalue weighted by Crippen LogP contribution is 2.29. The van der Waals surface area contributed by atoms with Crippen LogP contribution in [-0.4, -0.2) is 52.2 Å². The van der Waals surface area contributed by atoms with E-state index in [1.54, 1.807) is 41.5 Å². The molecular formula is C20H16N6O4. The van der Waals surface area contributed by atoms with Gasteiger partial charge in [-0.1, -0.05) is 0 Å². The Bertz CT molecular complexity index is 1190. The van der Waals surface area contributed by atoms with Gasteiger partial charge in [-0.05, 0) is 24.3 Å². The van der Waals surface area contributed by atoms with Gasteiger partial charge < -0.3 is 23.1 Å². The average molecular weight is 404 g/mol. The number of nitrogens with zero attached hydrogens (tertiary/aromatic N) is 5. The molecule has 30 heavy (non-hydrogen) atoms. The topological polar surface area (TPSA) is 128 Å². The number of carbonyl (C=O) groups excluding carboxylic acids is 1. The fourth-order valence-electron chi connectivity index (χ4n) is 3.37. The van der Waals surface area contributed by atoms with E-state index in [4.69, 9.17) is 13.3 Å². The molecule has 10 nitrogen and oxygen atoms in total. The average Bonchev–Trinajstić information content (AvgIpc) is 3.58. The Morgan fingerprint density at radius 3 is 2.50 bits per heavy atom. The number of carbonyl (C=O) groups is 1. The molecule has 0 aliphatic carbocycles. The number of hydrogen-bond donors (Lipinski definition) is 1. The molecule has 4 aromatic heterocycles. The van der Waals surface area contributed by atoms with E-state index in [9.17, 15) is 10.1 Å². The molecule has 0 aromatic carbocycles. The van der Waals surface area contributed by atoms with Crippen LogP contribution in [-0.2, 0) is 0 Å². The summed E-state index contributed by atoms with van der Waals surface area (Å²) in [7, 11) is 0. The summed E-state index contributed by atoms with van der Waals surface area (Å²) < 4.78 is 16.4. The molecule has 5 rings (SSSR count). The molecule has 1 N–H and O–H groups in total. The van der Waals surface area contributed by atoms with Crippen LogP contribution in [0.25, 0.3) is 23.1 Å². The largest absolute Gasteiger partial charge is 0.463 e. The minimum Gasteiger partial charge on any atom is -0.463 e. The maximum Gasteiger partial charge on any atom is 0.274 e. The third kappa shape index (κ3) is 3.12. The van der Waals surface area contributed by atoms with Crippen LogP contribution in [0, 0.1) is 11.3 Å². The summed E-state index contributed by atoms with van der Waals surface area (Å²) in [5, 5.41) is 16.4. The summed E-state index contributed by atoms with van der Waals surface area (Å²) in [5.74, 6) is 1.55. The van der Waals surface area contributed by atoms with E-state index in [1.807, 2.05) is 4.90 Å². The van der Waals surface area contributed by atoms with Crippen molar-refractivity contribution >= 4 is 11.8 Å². The van der Waals surface area contributed by atoms with Crippen LogP contribution in [0.3, 0.4) is 0 Å². The van der Waals surface area contributed by atoms with Crippen LogP contribution in [0.2, 0.25) is 0 Å². The molecule has 1 aliphatic rings. The van der Waals surface area contributed by atoms with E-state index in [2.05, 4.69) is 21.3 Å². The lowest BCUT2D eigenvalue weighted by molar-refractivity contribution is 0.0739. The first kappa shape index (κ1) is 17.8. The van der Waals surface area contributed by atoms with Crippen molar-refractivity contribution in [2.75, 3.05) is 31.1 Å². The SMILES string of the molecule is N#Cc1nc(-c2ccco2)oc1N1CCN(C(=O)c2cc(-c3ccco3)[nH]n2)CC1. The second kappa shape index (κ2) is 7.29. The van der Waals surface area contributed by atoms with Crippen molar-refractivity contribution in [2.24, 2.45) is 0 Å². The van der Waals surface area contributed by atoms with E-state index in [0.717, 1.165) is 0 Å². The van der Waals surface area contributed by atoms with Crippen LogP contribution in [0.5, 0.6) is 0 Å². The van der Waals surface area contributed by atoms with Gasteiger partial charge in [-0.15, -0.1) is 0 Å². The van der Waals surface area contributed by atoms with Crippen molar-refractivity contribution in [1.29, 1.82) is 5.26 Å². The Hall–Kier alpha value is -4.26. The summed E-state index contributed by atoms with van der Waals surface area (Å²) in [5.41, 5.74) is 1.16. The predicted octanol–water partition coefficient (Wildman–Crippen LogP) is 2.75. The Morgan fingerprint density at radius 1 is 1.10 bits per heavy atom. The zero-order chi connectivity index (χ0) is 20.5. The number of nitriles is 1. The van der Waals surface area contributed by atoms with E-state index < -0.39 is 0 Å². The van der Waals surface area contributed by atoms with E-state index >= 15 is 0 Å². The van der Waals surface area contributed by atoms with Crippen LogP contribution < -0.4 is 4.90 Å². The predicted molar refractivity (Wildman–Crippen MR) is 103 cm³/mol. The van der Waals surface area contributed by atoms with Gasteiger partial charge in [0.15, 0.2) is 17.2 Å². The Balaban J connectivity index is 1.28. The molecule has 5 heterocycles. The van der Waals surface area contributed by atoms with E-state index in [-0.39, 0.29) is 17.5 Å². The zero-order valence-electron chi connectivity index (χ0n) is 15.7. The van der Waals surface area contributed by atoms with Crippen molar-refractivity contribution in [3.63, 3.8) is 0 Å². The number of aromatic amines is 1. The molecule has 1 aliphatic heterocycles. The summed E-state index contributed by atoms with van der Waals surface area (Å²) in [6, 6.07) is 10.7. The summed E-state index contributed by atoms with van der Waals surface area (Å²) in [6.45, 7) is 1.93. The van der Waals surface area contributed by atoms with Crippen molar-refractivity contribution < 1.29 is 18.0 Å². The van der Waals surface area contributed by atoms with E-state index in [0.29, 0.717) is 55.0 Å². The Labute approximate surface area is 170 Å². The second-order valence-electron chi connectivity index (χ2n) is 6.69. The number of anilines is 1. The number of piperazine rings is 1. The molecule has 1 saturated heterocycles. The van der Waals surface area contributed by atoms with Crippen molar-refractivity contribution in [1.82, 2.24) is 20.1 Å². The minimum absolute atomic E-state index is 0.168. The van der Waals surface area contributed by atoms with Gasteiger partial charge >= 0.3 is 0 Å². The van der Waals surface area contributed by atoms with E-state index in [1.165, 1.54) is 6.26 Å². The second-order valence-corrected chi connectivity index (χ2v) is 6.69. The van der Waals surface area contributed by atoms with Crippen molar-refractivity contribution in [2.45, 2.75) is 0 Å². The van der Waals surface area contributed by atoms with Gasteiger partial charge in [-0.3, -0.25) is 9.89 Å². The number of aromatic nitrogens is 3. The maximum absolute atomic E-state index is 12.8. The number of H-pyrrole nitrogens is 1. The van der Waals surface area contributed by atoms with Gasteiger partial charge in [0.2, 0.25) is 11.6 Å². The first-order chi connectivity index (χ1) is 14.7. The van der Waals surface area contributed by atoms with Gasteiger partial charge in [0.05, 0.1) is 12.5 Å². The van der Waals surface area contributed by atoms with Crippen molar-refractivity contribution in [3.05, 3.63) is 54.2 Å². The van der Waals surface area contributed by atoms with Crippen LogP contribution in [0.4, 0.5) is 5.88 Å². The summed E-state index contributed by atoms with van der Waals surface area (Å²) >= 11 is 0. The third-order valence-electron chi connectivity index (χ3n) is 4.88. The summed E-state index contributed by atoms with van der Waals surface area (Å²) in [6.07, 6.45) is 3.08. The Morgan fingerprint density at radius 2 is 1.83 bits per heavy atom.